The van der Waals surface area contributed by atoms with Crippen molar-refractivity contribution in [1.82, 2.24) is 4.90 Å². The van der Waals surface area contributed by atoms with Crippen LogP contribution >= 0.6 is 15.9 Å². The van der Waals surface area contributed by atoms with E-state index in [1.807, 2.05) is 12.1 Å². The van der Waals surface area contributed by atoms with Crippen molar-refractivity contribution in [2.75, 3.05) is 4.90 Å². The Labute approximate surface area is 222 Å². The molecule has 0 radical (unpaired) electrons. The van der Waals surface area contributed by atoms with Crippen LogP contribution in [-0.4, -0.2) is 40.4 Å². The number of amides is 2. The molecule has 0 unspecified atom stereocenters. The van der Waals surface area contributed by atoms with Crippen LogP contribution in [-0.2, 0) is 9.59 Å². The highest BCUT2D eigenvalue weighted by molar-refractivity contribution is 9.10. The molecule has 2 saturated heterocycles. The fourth-order valence-electron chi connectivity index (χ4n) is 5.57. The molecule has 2 amide bonds. The van der Waals surface area contributed by atoms with E-state index in [-0.39, 0.29) is 17.5 Å². The topological polar surface area (TPSA) is 74.8 Å². The molecule has 3 aliphatic heterocycles. The van der Waals surface area contributed by atoms with Crippen molar-refractivity contribution in [3.8, 4) is 0 Å². The number of rotatable bonds is 5. The molecule has 37 heavy (non-hydrogen) atoms. The van der Waals surface area contributed by atoms with Crippen molar-refractivity contribution >= 4 is 45.0 Å². The third-order valence-corrected chi connectivity index (χ3v) is 7.79. The Morgan fingerprint density at radius 2 is 1.35 bits per heavy atom. The van der Waals surface area contributed by atoms with Crippen LogP contribution in [0.15, 0.2) is 113 Å². The molecule has 0 N–H and O–H groups in total. The van der Waals surface area contributed by atoms with Crippen molar-refractivity contribution in [3.05, 3.63) is 124 Å². The number of fused-ring (bicyclic) bond motifs is 3. The number of ketones is 2. The summed E-state index contributed by atoms with van der Waals surface area (Å²) in [4.78, 5) is 57.6. The third-order valence-electron chi connectivity index (χ3n) is 7.26. The number of carbonyl (C=O) groups is 4. The van der Waals surface area contributed by atoms with Gasteiger partial charge in [-0.25, -0.2) is 4.90 Å². The molecule has 0 bridgehead atoms. The molecule has 2 fully saturated rings. The van der Waals surface area contributed by atoms with Crippen LogP contribution in [0.25, 0.3) is 0 Å². The zero-order valence-electron chi connectivity index (χ0n) is 19.5. The summed E-state index contributed by atoms with van der Waals surface area (Å²) in [5.41, 5.74) is 1.89. The molecule has 3 aromatic rings. The van der Waals surface area contributed by atoms with E-state index >= 15 is 0 Å². The lowest BCUT2D eigenvalue weighted by Gasteiger charge is -2.32. The van der Waals surface area contributed by atoms with Gasteiger partial charge in [-0.15, -0.1) is 0 Å². The number of para-hydroxylation sites is 1. The van der Waals surface area contributed by atoms with Crippen molar-refractivity contribution in [2.24, 2.45) is 11.8 Å². The largest absolute Gasteiger partial charge is 0.359 e. The molecule has 0 spiro atoms. The molecule has 7 heteroatoms. The fraction of sp³-hybridized carbons (Fsp3) is 0.133. The standard InChI is InChI=1S/C30H21BrN2O4/c31-21-13-11-19(12-14-21)28(35)26-25-24(29(36)33(30(25)37)22-9-5-2-6-10-22)23-17-20(15-16-32(23)26)27(34)18-7-3-1-4-8-18/h1-17,23-26H/t23-,24+,25-,26-/m1/s1. The van der Waals surface area contributed by atoms with Crippen molar-refractivity contribution in [2.45, 2.75) is 12.1 Å². The van der Waals surface area contributed by atoms with Crippen LogP contribution in [0.2, 0.25) is 0 Å². The Hall–Kier alpha value is -4.10. The minimum Gasteiger partial charge on any atom is -0.359 e. The number of imide groups is 1. The van der Waals surface area contributed by atoms with Crippen LogP contribution < -0.4 is 4.90 Å². The summed E-state index contributed by atoms with van der Waals surface area (Å²) in [6, 6.07) is 23.1. The van der Waals surface area contributed by atoms with Gasteiger partial charge in [0.15, 0.2) is 11.6 Å². The van der Waals surface area contributed by atoms with Crippen LogP contribution in [0.4, 0.5) is 5.69 Å². The van der Waals surface area contributed by atoms with Crippen molar-refractivity contribution in [1.29, 1.82) is 0 Å². The highest BCUT2D eigenvalue weighted by Gasteiger charge is 2.63. The number of benzene rings is 3. The average molecular weight is 553 g/mol. The molecule has 3 heterocycles. The van der Waals surface area contributed by atoms with E-state index in [4.69, 9.17) is 0 Å². The van der Waals surface area contributed by atoms with Crippen LogP contribution in [0, 0.1) is 11.8 Å². The normalized spacial score (nSPS) is 24.1. The minimum atomic E-state index is -0.874. The highest BCUT2D eigenvalue weighted by atomic mass is 79.9. The second-order valence-electron chi connectivity index (χ2n) is 9.29. The second-order valence-corrected chi connectivity index (χ2v) is 10.2. The van der Waals surface area contributed by atoms with Crippen LogP contribution in [0.1, 0.15) is 20.7 Å². The van der Waals surface area contributed by atoms with Gasteiger partial charge >= 0.3 is 0 Å². The van der Waals surface area contributed by atoms with Gasteiger partial charge in [-0.2, -0.15) is 0 Å². The first kappa shape index (κ1) is 23.3. The zero-order chi connectivity index (χ0) is 25.7. The van der Waals surface area contributed by atoms with Crippen LogP contribution in [0.5, 0.6) is 0 Å². The van der Waals surface area contributed by atoms with Gasteiger partial charge in [0, 0.05) is 27.4 Å². The SMILES string of the molecule is O=C(C1=C[C@@H]2[C@@H]3C(=O)N(c4ccccc4)C(=O)[C@H]3[C@H](C(=O)c3ccc(Br)cc3)N2C=C1)c1ccccc1. The average Bonchev–Trinajstić information content (AvgIpc) is 3.40. The van der Waals surface area contributed by atoms with E-state index in [1.54, 1.807) is 96.0 Å². The molecule has 0 aromatic heterocycles. The second kappa shape index (κ2) is 9.09. The number of hydrogen-bond donors (Lipinski definition) is 0. The van der Waals surface area contributed by atoms with E-state index in [0.717, 1.165) is 4.47 Å². The summed E-state index contributed by atoms with van der Waals surface area (Å²) in [5, 5.41) is 0. The zero-order valence-corrected chi connectivity index (χ0v) is 21.1. The number of hydrogen-bond acceptors (Lipinski definition) is 5. The fourth-order valence-corrected chi connectivity index (χ4v) is 5.83. The van der Waals surface area contributed by atoms with Gasteiger partial charge in [-0.3, -0.25) is 19.2 Å². The molecule has 182 valence electrons. The van der Waals surface area contributed by atoms with Gasteiger partial charge in [0.2, 0.25) is 11.8 Å². The van der Waals surface area contributed by atoms with Crippen molar-refractivity contribution < 1.29 is 19.2 Å². The van der Waals surface area contributed by atoms with Gasteiger partial charge < -0.3 is 4.90 Å². The Morgan fingerprint density at radius 1 is 0.730 bits per heavy atom. The van der Waals surface area contributed by atoms with Gasteiger partial charge in [0.1, 0.15) is 6.04 Å². The van der Waals surface area contributed by atoms with E-state index in [9.17, 15) is 19.2 Å². The maximum atomic E-state index is 13.8. The van der Waals surface area contributed by atoms with E-state index in [0.29, 0.717) is 22.4 Å². The molecule has 4 atom stereocenters. The summed E-state index contributed by atoms with van der Waals surface area (Å²) in [7, 11) is 0. The first-order valence-electron chi connectivity index (χ1n) is 12.0. The summed E-state index contributed by atoms with van der Waals surface area (Å²) in [6.07, 6.45) is 5.09. The lowest BCUT2D eigenvalue weighted by molar-refractivity contribution is -0.123. The summed E-state index contributed by atoms with van der Waals surface area (Å²) in [6.45, 7) is 0. The highest BCUT2D eigenvalue weighted by Crippen LogP contribution is 2.47. The van der Waals surface area contributed by atoms with E-state index < -0.39 is 29.8 Å². The Bertz CT molecular complexity index is 1480. The van der Waals surface area contributed by atoms with Gasteiger partial charge in [0.05, 0.1) is 23.6 Å². The predicted molar refractivity (Wildman–Crippen MR) is 142 cm³/mol. The molecule has 6 nitrogen and oxygen atoms in total. The molecule has 0 saturated carbocycles. The number of nitrogens with zero attached hydrogens (tertiary/aromatic N) is 2. The smallest absolute Gasteiger partial charge is 0.240 e. The number of anilines is 1. The summed E-state index contributed by atoms with van der Waals surface area (Å²) < 4.78 is 0.832. The Morgan fingerprint density at radius 3 is 2.03 bits per heavy atom. The molecule has 3 aliphatic rings. The van der Waals surface area contributed by atoms with Crippen molar-refractivity contribution in [3.63, 3.8) is 0 Å². The quantitative estimate of drug-likeness (QED) is 0.335. The lowest BCUT2D eigenvalue weighted by atomic mass is 9.85. The number of Topliss-reactive ketones (excluding diaryl/α,β-unsaturated/α-hetero) is 2. The summed E-state index contributed by atoms with van der Waals surface area (Å²) in [5.74, 6) is -2.84. The van der Waals surface area contributed by atoms with Crippen LogP contribution in [0.3, 0.4) is 0 Å². The first-order valence-corrected chi connectivity index (χ1v) is 12.7. The first-order chi connectivity index (χ1) is 18.0. The van der Waals surface area contributed by atoms with E-state index in [1.165, 1.54) is 4.90 Å². The van der Waals surface area contributed by atoms with Gasteiger partial charge in [0.25, 0.3) is 0 Å². The van der Waals surface area contributed by atoms with Gasteiger partial charge in [-0.1, -0.05) is 82.7 Å². The Kier molecular flexibility index (Phi) is 5.72. The molecule has 3 aromatic carbocycles. The maximum absolute atomic E-state index is 13.8. The molecule has 0 aliphatic carbocycles. The van der Waals surface area contributed by atoms with E-state index in [2.05, 4.69) is 15.9 Å². The maximum Gasteiger partial charge on any atom is 0.240 e. The predicted octanol–water partition coefficient (Wildman–Crippen LogP) is 4.83. The molecular formula is C30H21BrN2O4. The number of allylic oxidation sites excluding steroid dienone is 2. The number of halogens is 1. The summed E-state index contributed by atoms with van der Waals surface area (Å²) >= 11 is 3.39. The Balaban J connectivity index is 1.43. The minimum absolute atomic E-state index is 0.174. The third kappa shape index (κ3) is 3.78. The molecule has 6 rings (SSSR count). The lowest BCUT2D eigenvalue weighted by Crippen LogP contribution is -2.46. The number of carbonyl (C=O) groups excluding carboxylic acids is 4. The molecular weight excluding hydrogens is 532 g/mol. The monoisotopic (exact) mass is 552 g/mol. The van der Waals surface area contributed by atoms with Gasteiger partial charge in [-0.05, 0) is 30.3 Å².